The molecule has 0 bridgehead atoms. The van der Waals surface area contributed by atoms with E-state index in [9.17, 15) is 9.59 Å². The minimum Gasteiger partial charge on any atom is -0.298 e. The quantitative estimate of drug-likeness (QED) is 0.786. The summed E-state index contributed by atoms with van der Waals surface area (Å²) in [6.07, 6.45) is 0. The second-order valence-corrected chi connectivity index (χ2v) is 6.75. The molecule has 21 heavy (non-hydrogen) atoms. The first-order chi connectivity index (χ1) is 10.1. The van der Waals surface area contributed by atoms with Crippen LogP contribution in [0.1, 0.15) is 20.8 Å². The van der Waals surface area contributed by atoms with Crippen molar-refractivity contribution in [3.63, 3.8) is 0 Å². The Kier molecular flexibility index (Phi) is 3.57. The number of thiophene rings is 1. The van der Waals surface area contributed by atoms with E-state index >= 15 is 0 Å². The number of fused-ring (bicyclic) bond motifs is 1. The van der Waals surface area contributed by atoms with Gasteiger partial charge in [-0.1, -0.05) is 29.5 Å². The van der Waals surface area contributed by atoms with Crippen LogP contribution in [0.25, 0.3) is 10.2 Å². The zero-order valence-electron chi connectivity index (χ0n) is 11.5. The number of anilines is 1. The number of carbonyl (C=O) groups is 1. The zero-order chi connectivity index (χ0) is 15.0. The van der Waals surface area contributed by atoms with Crippen molar-refractivity contribution < 1.29 is 4.79 Å². The lowest BCUT2D eigenvalue weighted by molar-refractivity contribution is 0.102. The Hall–Kier alpha value is -2.05. The first-order valence-electron chi connectivity index (χ1n) is 6.33. The number of nitrogens with zero attached hydrogens (tertiary/aromatic N) is 1. The fraction of sp³-hybridized carbons (Fsp3) is 0.133. The maximum absolute atomic E-state index is 12.2. The van der Waals surface area contributed by atoms with Crippen LogP contribution in [-0.4, -0.2) is 10.9 Å². The van der Waals surface area contributed by atoms with Crippen LogP contribution in [-0.2, 0) is 0 Å². The van der Waals surface area contributed by atoms with E-state index in [-0.39, 0.29) is 10.6 Å². The summed E-state index contributed by atoms with van der Waals surface area (Å²) >= 11 is 2.44. The van der Waals surface area contributed by atoms with Gasteiger partial charge in [-0.05, 0) is 31.5 Å². The molecule has 106 valence electrons. The number of carbonyl (C=O) groups excluding carboxylic acids is 1. The molecular formula is C15H12N2O2S2. The molecule has 3 rings (SSSR count). The van der Waals surface area contributed by atoms with E-state index in [1.165, 1.54) is 11.3 Å². The van der Waals surface area contributed by atoms with Gasteiger partial charge in [-0.15, -0.1) is 11.3 Å². The van der Waals surface area contributed by atoms with Crippen molar-refractivity contribution in [3.8, 4) is 0 Å². The molecule has 0 atom stereocenters. The number of aromatic nitrogens is 1. The normalized spacial score (nSPS) is 10.8. The fourth-order valence-corrected chi connectivity index (χ4v) is 3.95. The van der Waals surface area contributed by atoms with Crippen LogP contribution in [0.15, 0.2) is 35.1 Å². The highest BCUT2D eigenvalue weighted by atomic mass is 32.1. The summed E-state index contributed by atoms with van der Waals surface area (Å²) in [5.41, 5.74) is 1.52. The molecule has 0 aliphatic carbocycles. The molecule has 1 amide bonds. The predicted octanol–water partition coefficient (Wildman–Crippen LogP) is 3.59. The van der Waals surface area contributed by atoms with Crippen molar-refractivity contribution in [2.45, 2.75) is 13.8 Å². The molecule has 3 aromatic rings. The molecule has 0 aliphatic rings. The molecule has 6 heteroatoms. The molecule has 0 radical (unpaired) electrons. The van der Waals surface area contributed by atoms with Gasteiger partial charge >= 0.3 is 0 Å². The second kappa shape index (κ2) is 5.38. The highest BCUT2D eigenvalue weighted by molar-refractivity contribution is 7.20. The van der Waals surface area contributed by atoms with Crippen LogP contribution in [0.2, 0.25) is 0 Å². The van der Waals surface area contributed by atoms with Gasteiger partial charge in [0.2, 0.25) is 4.74 Å². The van der Waals surface area contributed by atoms with Crippen LogP contribution < -0.4 is 10.1 Å². The summed E-state index contributed by atoms with van der Waals surface area (Å²) in [6.45, 7) is 3.89. The Morgan fingerprint density at radius 1 is 1.14 bits per heavy atom. The summed E-state index contributed by atoms with van der Waals surface area (Å²) in [5, 5.41) is 3.70. The van der Waals surface area contributed by atoms with Gasteiger partial charge in [0, 0.05) is 10.4 Å². The van der Waals surface area contributed by atoms with Crippen LogP contribution in [0, 0.1) is 13.8 Å². The van der Waals surface area contributed by atoms with Crippen LogP contribution in [0.4, 0.5) is 5.13 Å². The van der Waals surface area contributed by atoms with Gasteiger partial charge in [0.05, 0.1) is 5.39 Å². The van der Waals surface area contributed by atoms with Crippen LogP contribution in [0.3, 0.4) is 0 Å². The molecule has 1 aromatic carbocycles. The fourth-order valence-electron chi connectivity index (χ4n) is 1.99. The van der Waals surface area contributed by atoms with Crippen LogP contribution in [0.5, 0.6) is 0 Å². The van der Waals surface area contributed by atoms with Gasteiger partial charge in [0.25, 0.3) is 5.91 Å². The van der Waals surface area contributed by atoms with Crippen molar-refractivity contribution in [1.29, 1.82) is 0 Å². The molecule has 0 spiro atoms. The molecule has 0 aliphatic heterocycles. The van der Waals surface area contributed by atoms with Crippen molar-refractivity contribution in [1.82, 2.24) is 4.98 Å². The minimum absolute atomic E-state index is 0.0646. The Morgan fingerprint density at radius 3 is 2.57 bits per heavy atom. The highest BCUT2D eigenvalue weighted by Crippen LogP contribution is 2.28. The Morgan fingerprint density at radius 2 is 1.86 bits per heavy atom. The lowest BCUT2D eigenvalue weighted by Gasteiger charge is -2.03. The number of hydrogen-bond acceptors (Lipinski definition) is 5. The van der Waals surface area contributed by atoms with Gasteiger partial charge in [-0.3, -0.25) is 14.9 Å². The van der Waals surface area contributed by atoms with Gasteiger partial charge in [0.15, 0.2) is 5.13 Å². The summed E-state index contributed by atoms with van der Waals surface area (Å²) in [6, 6.07) is 8.86. The van der Waals surface area contributed by atoms with Gasteiger partial charge in [-0.25, -0.2) is 4.98 Å². The van der Waals surface area contributed by atoms with E-state index < -0.39 is 0 Å². The molecule has 4 nitrogen and oxygen atoms in total. The third-order valence-electron chi connectivity index (χ3n) is 3.22. The Balaban J connectivity index is 1.99. The van der Waals surface area contributed by atoms with Gasteiger partial charge < -0.3 is 0 Å². The zero-order valence-corrected chi connectivity index (χ0v) is 13.1. The standard InChI is InChI=1S/C15H12N2O2S2/c1-8-9(2)20-13-11(8)14(19)21-15(17-13)16-12(18)10-6-4-3-5-7-10/h3-7H,1-2H3,(H,16,17,18). The number of nitrogens with one attached hydrogen (secondary N) is 1. The lowest BCUT2D eigenvalue weighted by Crippen LogP contribution is -2.13. The second-order valence-electron chi connectivity index (χ2n) is 4.59. The predicted molar refractivity (Wildman–Crippen MR) is 87.6 cm³/mol. The molecule has 0 saturated heterocycles. The molecule has 0 unspecified atom stereocenters. The topological polar surface area (TPSA) is 59.1 Å². The largest absolute Gasteiger partial charge is 0.298 e. The number of aryl methyl sites for hydroxylation is 2. The van der Waals surface area contributed by atoms with E-state index in [2.05, 4.69) is 10.3 Å². The van der Waals surface area contributed by atoms with E-state index in [0.29, 0.717) is 20.9 Å². The van der Waals surface area contributed by atoms with E-state index in [1.807, 2.05) is 19.9 Å². The minimum atomic E-state index is -0.261. The molecule has 2 heterocycles. The van der Waals surface area contributed by atoms with E-state index in [4.69, 9.17) is 0 Å². The first kappa shape index (κ1) is 13.9. The number of benzene rings is 1. The van der Waals surface area contributed by atoms with E-state index in [0.717, 1.165) is 21.8 Å². The van der Waals surface area contributed by atoms with Crippen LogP contribution >= 0.6 is 22.7 Å². The Bertz CT molecular complexity index is 882. The molecule has 1 N–H and O–H groups in total. The first-order valence-corrected chi connectivity index (χ1v) is 7.97. The average Bonchev–Trinajstić information content (AvgIpc) is 2.75. The number of rotatable bonds is 2. The monoisotopic (exact) mass is 316 g/mol. The van der Waals surface area contributed by atoms with Crippen molar-refractivity contribution in [2.24, 2.45) is 0 Å². The summed E-state index contributed by atoms with van der Waals surface area (Å²) in [5.74, 6) is -0.261. The third-order valence-corrected chi connectivity index (χ3v) is 5.10. The van der Waals surface area contributed by atoms with Gasteiger partial charge in [-0.2, -0.15) is 0 Å². The summed E-state index contributed by atoms with van der Waals surface area (Å²) < 4.78 is -0.0646. The molecule has 2 aromatic heterocycles. The molecule has 0 saturated carbocycles. The molecular weight excluding hydrogens is 304 g/mol. The SMILES string of the molecule is Cc1sc2nc(NC(=O)c3ccccc3)sc(=O)c2c1C. The Labute approximate surface area is 129 Å². The lowest BCUT2D eigenvalue weighted by atomic mass is 10.2. The smallest absolute Gasteiger partial charge is 0.257 e. The van der Waals surface area contributed by atoms with Crippen molar-refractivity contribution >= 4 is 43.9 Å². The van der Waals surface area contributed by atoms with E-state index in [1.54, 1.807) is 24.3 Å². The number of hydrogen-bond donors (Lipinski definition) is 1. The number of amides is 1. The average molecular weight is 316 g/mol. The third kappa shape index (κ3) is 2.59. The molecule has 0 fully saturated rings. The van der Waals surface area contributed by atoms with Crippen molar-refractivity contribution in [3.05, 3.63) is 55.9 Å². The highest BCUT2D eigenvalue weighted by Gasteiger charge is 2.14. The maximum atomic E-state index is 12.2. The summed E-state index contributed by atoms with van der Waals surface area (Å²) in [4.78, 5) is 30.4. The summed E-state index contributed by atoms with van der Waals surface area (Å²) in [7, 11) is 0. The van der Waals surface area contributed by atoms with Crippen molar-refractivity contribution in [2.75, 3.05) is 5.32 Å². The van der Waals surface area contributed by atoms with Gasteiger partial charge in [0.1, 0.15) is 4.83 Å². The maximum Gasteiger partial charge on any atom is 0.257 e.